The monoisotopic (exact) mass is 317 g/mol. The number of rotatable bonds is 3. The molecule has 0 bridgehead atoms. The fourth-order valence-electron chi connectivity index (χ4n) is 2.68. The Morgan fingerprint density at radius 1 is 1.41 bits per heavy atom. The van der Waals surface area contributed by atoms with Crippen LogP contribution in [0.25, 0.3) is 10.9 Å². The highest BCUT2D eigenvalue weighted by atomic mass is 32.2. The minimum absolute atomic E-state index is 0.0134. The summed E-state index contributed by atoms with van der Waals surface area (Å²) in [6.45, 7) is 2.58. The first-order valence-electron chi connectivity index (χ1n) is 7.33. The third-order valence-electron chi connectivity index (χ3n) is 4.10. The molecule has 1 aliphatic heterocycles. The number of carbonyl (C=O) groups is 2. The summed E-state index contributed by atoms with van der Waals surface area (Å²) in [6.07, 6.45) is 1.83. The van der Waals surface area contributed by atoms with Crippen LogP contribution < -0.4 is 0 Å². The lowest BCUT2D eigenvalue weighted by atomic mass is 10.1. The molecule has 1 N–H and O–H groups in total. The molecule has 1 atom stereocenters. The van der Waals surface area contributed by atoms with E-state index in [4.69, 9.17) is 0 Å². The molecule has 1 aromatic carbocycles. The van der Waals surface area contributed by atoms with Crippen molar-refractivity contribution in [2.45, 2.75) is 13.0 Å². The van der Waals surface area contributed by atoms with Gasteiger partial charge in [-0.15, -0.1) is 11.8 Å². The lowest BCUT2D eigenvalue weighted by Crippen LogP contribution is -2.47. The Kier molecular flexibility index (Phi) is 4.11. The van der Waals surface area contributed by atoms with Gasteiger partial charge in [0.05, 0.1) is 17.0 Å². The van der Waals surface area contributed by atoms with Crippen molar-refractivity contribution < 1.29 is 9.59 Å². The van der Waals surface area contributed by atoms with Gasteiger partial charge in [0, 0.05) is 30.9 Å². The fourth-order valence-corrected chi connectivity index (χ4v) is 3.82. The van der Waals surface area contributed by atoms with E-state index in [1.165, 1.54) is 0 Å². The molecule has 3 rings (SSSR count). The van der Waals surface area contributed by atoms with Gasteiger partial charge in [0.2, 0.25) is 5.91 Å². The molecule has 0 radical (unpaired) electrons. The van der Waals surface area contributed by atoms with Gasteiger partial charge in [0.25, 0.3) is 5.91 Å². The SMILES string of the molecule is CCN(C)C(=O)C1CSCN1C(=O)c1cccc2cc[nH]c12. The minimum atomic E-state index is -0.368. The zero-order chi connectivity index (χ0) is 15.7. The van der Waals surface area contributed by atoms with Crippen LogP contribution in [-0.4, -0.2) is 57.9 Å². The summed E-state index contributed by atoms with van der Waals surface area (Å²) in [6, 6.07) is 7.23. The molecular weight excluding hydrogens is 298 g/mol. The Hall–Kier alpha value is -1.95. The standard InChI is InChI=1S/C16H19N3O2S/c1-3-18(2)16(21)13-9-22-10-19(13)15(20)12-6-4-5-11-7-8-17-14(11)12/h4-8,13,17H,3,9-10H2,1-2H3. The second kappa shape index (κ2) is 6.04. The molecule has 5 nitrogen and oxygen atoms in total. The number of likely N-dealkylation sites (N-methyl/N-ethyl adjacent to an activating group) is 1. The van der Waals surface area contributed by atoms with Crippen molar-refractivity contribution in [1.82, 2.24) is 14.8 Å². The molecular formula is C16H19N3O2S. The van der Waals surface area contributed by atoms with Gasteiger partial charge in [-0.2, -0.15) is 0 Å². The third kappa shape index (κ3) is 2.47. The van der Waals surface area contributed by atoms with Gasteiger partial charge in [-0.1, -0.05) is 12.1 Å². The number of H-pyrrole nitrogens is 1. The highest BCUT2D eigenvalue weighted by molar-refractivity contribution is 7.99. The molecule has 0 saturated carbocycles. The summed E-state index contributed by atoms with van der Waals surface area (Å²) in [5.74, 6) is 1.15. The van der Waals surface area contributed by atoms with E-state index in [1.54, 1.807) is 28.6 Å². The molecule has 1 saturated heterocycles. The van der Waals surface area contributed by atoms with E-state index in [-0.39, 0.29) is 17.9 Å². The average molecular weight is 317 g/mol. The molecule has 0 spiro atoms. The largest absolute Gasteiger partial charge is 0.361 e. The lowest BCUT2D eigenvalue weighted by Gasteiger charge is -2.26. The van der Waals surface area contributed by atoms with Crippen LogP contribution >= 0.6 is 11.8 Å². The maximum Gasteiger partial charge on any atom is 0.257 e. The number of nitrogens with one attached hydrogen (secondary N) is 1. The first-order valence-corrected chi connectivity index (χ1v) is 8.48. The predicted octanol–water partition coefficient (Wildman–Crippen LogP) is 2.16. The van der Waals surface area contributed by atoms with Crippen molar-refractivity contribution in [1.29, 1.82) is 0 Å². The summed E-state index contributed by atoms with van der Waals surface area (Å²) in [5, 5.41) is 1.01. The number of hydrogen-bond donors (Lipinski definition) is 1. The Labute approximate surface area is 133 Å². The Balaban J connectivity index is 1.91. The first kappa shape index (κ1) is 15.0. The van der Waals surface area contributed by atoms with Crippen LogP contribution in [0.3, 0.4) is 0 Å². The van der Waals surface area contributed by atoms with Crippen LogP contribution in [0, 0.1) is 0 Å². The first-order chi connectivity index (χ1) is 10.6. The predicted molar refractivity (Wildman–Crippen MR) is 88.9 cm³/mol. The van der Waals surface area contributed by atoms with Crippen LogP contribution in [0.5, 0.6) is 0 Å². The number of amides is 2. The molecule has 2 heterocycles. The van der Waals surface area contributed by atoms with Gasteiger partial charge in [-0.05, 0) is 19.1 Å². The maximum atomic E-state index is 12.9. The van der Waals surface area contributed by atoms with Crippen LogP contribution in [0.4, 0.5) is 0 Å². The second-order valence-corrected chi connectivity index (χ2v) is 6.39. The molecule has 2 amide bonds. The second-order valence-electron chi connectivity index (χ2n) is 5.39. The van der Waals surface area contributed by atoms with E-state index in [0.29, 0.717) is 23.7 Å². The number of thioether (sulfide) groups is 1. The third-order valence-corrected chi connectivity index (χ3v) is 5.11. The summed E-state index contributed by atoms with van der Waals surface area (Å²) in [5.41, 5.74) is 1.46. The zero-order valence-corrected chi connectivity index (χ0v) is 13.5. The van der Waals surface area contributed by atoms with Gasteiger partial charge >= 0.3 is 0 Å². The van der Waals surface area contributed by atoms with Gasteiger partial charge in [-0.25, -0.2) is 0 Å². The summed E-state index contributed by atoms with van der Waals surface area (Å²) in [7, 11) is 1.78. The molecule has 1 aromatic heterocycles. The molecule has 2 aromatic rings. The number of hydrogen-bond acceptors (Lipinski definition) is 3. The fraction of sp³-hybridized carbons (Fsp3) is 0.375. The molecule has 1 aliphatic rings. The van der Waals surface area contributed by atoms with Crippen LogP contribution in [0.1, 0.15) is 17.3 Å². The maximum absolute atomic E-state index is 12.9. The van der Waals surface area contributed by atoms with Crippen LogP contribution in [0.15, 0.2) is 30.5 Å². The molecule has 6 heteroatoms. The minimum Gasteiger partial charge on any atom is -0.361 e. The van der Waals surface area contributed by atoms with Crippen molar-refractivity contribution in [2.24, 2.45) is 0 Å². The van der Waals surface area contributed by atoms with Crippen molar-refractivity contribution in [2.75, 3.05) is 25.2 Å². The van der Waals surface area contributed by atoms with Crippen molar-refractivity contribution >= 4 is 34.5 Å². The topological polar surface area (TPSA) is 56.4 Å². The molecule has 1 unspecified atom stereocenters. The van der Waals surface area contributed by atoms with Crippen molar-refractivity contribution in [3.63, 3.8) is 0 Å². The Bertz CT molecular complexity index is 712. The van der Waals surface area contributed by atoms with Gasteiger partial charge in [0.15, 0.2) is 0 Å². The summed E-state index contributed by atoms with van der Waals surface area (Å²) in [4.78, 5) is 31.8. The van der Waals surface area contributed by atoms with Gasteiger partial charge in [0.1, 0.15) is 6.04 Å². The number of aromatic nitrogens is 1. The zero-order valence-electron chi connectivity index (χ0n) is 12.7. The number of nitrogens with zero attached hydrogens (tertiary/aromatic N) is 2. The van der Waals surface area contributed by atoms with Crippen molar-refractivity contribution in [3.05, 3.63) is 36.0 Å². The van der Waals surface area contributed by atoms with E-state index in [0.717, 1.165) is 10.9 Å². The lowest BCUT2D eigenvalue weighted by molar-refractivity contribution is -0.133. The van der Waals surface area contributed by atoms with E-state index >= 15 is 0 Å². The molecule has 116 valence electrons. The normalized spacial score (nSPS) is 17.9. The van der Waals surface area contributed by atoms with E-state index in [2.05, 4.69) is 4.98 Å². The number of aromatic amines is 1. The van der Waals surface area contributed by atoms with E-state index in [9.17, 15) is 9.59 Å². The Morgan fingerprint density at radius 3 is 3.00 bits per heavy atom. The van der Waals surface area contributed by atoms with Crippen molar-refractivity contribution in [3.8, 4) is 0 Å². The Morgan fingerprint density at radius 2 is 2.23 bits per heavy atom. The number of para-hydroxylation sites is 1. The quantitative estimate of drug-likeness (QED) is 0.944. The number of carbonyl (C=O) groups excluding carboxylic acids is 2. The molecule has 22 heavy (non-hydrogen) atoms. The highest BCUT2D eigenvalue weighted by Crippen LogP contribution is 2.26. The summed E-state index contributed by atoms with van der Waals surface area (Å²) >= 11 is 1.62. The number of benzene rings is 1. The van der Waals surface area contributed by atoms with E-state index < -0.39 is 0 Å². The molecule has 1 fully saturated rings. The van der Waals surface area contributed by atoms with Crippen LogP contribution in [0.2, 0.25) is 0 Å². The average Bonchev–Trinajstić information content (AvgIpc) is 3.20. The number of fused-ring (bicyclic) bond motifs is 1. The van der Waals surface area contributed by atoms with Gasteiger partial charge in [-0.3, -0.25) is 9.59 Å². The smallest absolute Gasteiger partial charge is 0.257 e. The van der Waals surface area contributed by atoms with E-state index in [1.807, 2.05) is 37.4 Å². The van der Waals surface area contributed by atoms with Gasteiger partial charge < -0.3 is 14.8 Å². The van der Waals surface area contributed by atoms with Crippen LogP contribution in [-0.2, 0) is 4.79 Å². The molecule has 0 aliphatic carbocycles. The summed E-state index contributed by atoms with van der Waals surface area (Å²) < 4.78 is 0. The highest BCUT2D eigenvalue weighted by Gasteiger charge is 2.36.